The van der Waals surface area contributed by atoms with E-state index in [1.54, 1.807) is 7.11 Å². The number of ether oxygens (including phenoxy) is 1. The van der Waals surface area contributed by atoms with E-state index >= 15 is 0 Å². The maximum absolute atomic E-state index is 6.05. The molecule has 0 aliphatic carbocycles. The molecule has 1 aliphatic heterocycles. The van der Waals surface area contributed by atoms with Crippen molar-refractivity contribution in [1.82, 2.24) is 9.80 Å². The Hall–Kier alpha value is -1.10. The van der Waals surface area contributed by atoms with Crippen molar-refractivity contribution in [3.63, 3.8) is 0 Å². The molecule has 0 bridgehead atoms. The monoisotopic (exact) mass is 291 g/mol. The molecule has 1 aliphatic rings. The molecule has 4 heteroatoms. The lowest BCUT2D eigenvalue weighted by atomic mass is 9.94. The van der Waals surface area contributed by atoms with E-state index in [1.807, 2.05) is 6.07 Å². The number of rotatable bonds is 6. The van der Waals surface area contributed by atoms with Crippen molar-refractivity contribution in [2.24, 2.45) is 11.7 Å². The molecule has 1 atom stereocenters. The first-order chi connectivity index (χ1) is 10.1. The predicted molar refractivity (Wildman–Crippen MR) is 87.6 cm³/mol. The molecule has 0 aromatic heterocycles. The fourth-order valence-electron chi connectivity index (χ4n) is 3.31. The SMILES string of the molecule is COc1cccc(C(CN)N2CCC(CN(C)C)CC2)c1. The van der Waals surface area contributed by atoms with Gasteiger partial charge >= 0.3 is 0 Å². The van der Waals surface area contributed by atoms with Crippen LogP contribution in [0.15, 0.2) is 24.3 Å². The van der Waals surface area contributed by atoms with Crippen molar-refractivity contribution in [3.8, 4) is 5.75 Å². The zero-order chi connectivity index (χ0) is 15.2. The molecule has 1 unspecified atom stereocenters. The van der Waals surface area contributed by atoms with E-state index in [9.17, 15) is 0 Å². The molecule has 1 saturated heterocycles. The average molecular weight is 291 g/mol. The maximum Gasteiger partial charge on any atom is 0.119 e. The molecule has 2 rings (SSSR count). The van der Waals surface area contributed by atoms with Gasteiger partial charge in [0.15, 0.2) is 0 Å². The normalized spacial score (nSPS) is 18.9. The number of benzene rings is 1. The Bertz CT molecular complexity index is 428. The van der Waals surface area contributed by atoms with E-state index in [0.29, 0.717) is 12.6 Å². The quantitative estimate of drug-likeness (QED) is 0.870. The van der Waals surface area contributed by atoms with Gasteiger partial charge in [-0.1, -0.05) is 12.1 Å². The van der Waals surface area contributed by atoms with Crippen LogP contribution in [0.1, 0.15) is 24.4 Å². The summed E-state index contributed by atoms with van der Waals surface area (Å²) in [5.41, 5.74) is 7.32. The van der Waals surface area contributed by atoms with Gasteiger partial charge in [0, 0.05) is 19.1 Å². The summed E-state index contributed by atoms with van der Waals surface area (Å²) in [4.78, 5) is 4.82. The van der Waals surface area contributed by atoms with Gasteiger partial charge in [-0.25, -0.2) is 0 Å². The van der Waals surface area contributed by atoms with E-state index < -0.39 is 0 Å². The Balaban J connectivity index is 1.99. The van der Waals surface area contributed by atoms with Gasteiger partial charge in [0.05, 0.1) is 7.11 Å². The van der Waals surface area contributed by atoms with Gasteiger partial charge < -0.3 is 15.4 Å². The number of nitrogens with two attached hydrogens (primary N) is 1. The Kier molecular flexibility index (Phi) is 6.03. The van der Waals surface area contributed by atoms with Crippen molar-refractivity contribution in [1.29, 1.82) is 0 Å². The van der Waals surface area contributed by atoms with Crippen molar-refractivity contribution < 1.29 is 4.74 Å². The summed E-state index contributed by atoms with van der Waals surface area (Å²) in [7, 11) is 6.03. The Morgan fingerprint density at radius 3 is 2.62 bits per heavy atom. The molecule has 1 aromatic rings. The molecule has 0 amide bonds. The third kappa shape index (κ3) is 4.43. The summed E-state index contributed by atoms with van der Waals surface area (Å²) in [5, 5.41) is 0. The first kappa shape index (κ1) is 16.3. The number of likely N-dealkylation sites (tertiary alicyclic amines) is 1. The highest BCUT2D eigenvalue weighted by Gasteiger charge is 2.25. The van der Waals surface area contributed by atoms with Crippen LogP contribution in [-0.4, -0.2) is 57.2 Å². The zero-order valence-electron chi connectivity index (χ0n) is 13.6. The first-order valence-corrected chi connectivity index (χ1v) is 7.86. The number of methoxy groups -OCH3 is 1. The molecule has 1 heterocycles. The van der Waals surface area contributed by atoms with Crippen LogP contribution in [0, 0.1) is 5.92 Å². The van der Waals surface area contributed by atoms with Crippen molar-refractivity contribution >= 4 is 0 Å². The van der Waals surface area contributed by atoms with Gasteiger partial charge in [0.1, 0.15) is 5.75 Å². The molecular formula is C17H29N3O. The van der Waals surface area contributed by atoms with Crippen molar-refractivity contribution in [2.75, 3.05) is 47.4 Å². The predicted octanol–water partition coefficient (Wildman–Crippen LogP) is 1.97. The number of hydrogen-bond acceptors (Lipinski definition) is 4. The summed E-state index contributed by atoms with van der Waals surface area (Å²) in [6, 6.07) is 8.62. The van der Waals surface area contributed by atoms with E-state index in [-0.39, 0.29) is 0 Å². The first-order valence-electron chi connectivity index (χ1n) is 7.86. The third-order valence-corrected chi connectivity index (χ3v) is 4.42. The smallest absolute Gasteiger partial charge is 0.119 e. The average Bonchev–Trinajstić information content (AvgIpc) is 2.49. The van der Waals surface area contributed by atoms with Gasteiger partial charge in [0.25, 0.3) is 0 Å². The van der Waals surface area contributed by atoms with Crippen LogP contribution in [0.2, 0.25) is 0 Å². The molecule has 4 nitrogen and oxygen atoms in total. The van der Waals surface area contributed by atoms with Crippen LogP contribution >= 0.6 is 0 Å². The molecule has 1 fully saturated rings. The summed E-state index contributed by atoms with van der Waals surface area (Å²) >= 11 is 0. The van der Waals surface area contributed by atoms with Crippen molar-refractivity contribution in [3.05, 3.63) is 29.8 Å². The molecular weight excluding hydrogens is 262 g/mol. The molecule has 0 spiro atoms. The van der Waals surface area contributed by atoms with Crippen LogP contribution in [0.4, 0.5) is 0 Å². The highest BCUT2D eigenvalue weighted by molar-refractivity contribution is 5.30. The highest BCUT2D eigenvalue weighted by Crippen LogP contribution is 2.28. The highest BCUT2D eigenvalue weighted by atomic mass is 16.5. The fourth-order valence-corrected chi connectivity index (χ4v) is 3.31. The number of hydrogen-bond donors (Lipinski definition) is 1. The van der Waals surface area contributed by atoms with Gasteiger partial charge in [-0.2, -0.15) is 0 Å². The topological polar surface area (TPSA) is 41.7 Å². The molecule has 0 radical (unpaired) electrons. The van der Waals surface area contributed by atoms with Gasteiger partial charge in [-0.3, -0.25) is 4.90 Å². The molecule has 1 aromatic carbocycles. The van der Waals surface area contributed by atoms with Gasteiger partial charge in [-0.15, -0.1) is 0 Å². The standard InChI is InChI=1S/C17H29N3O/c1-19(2)13-14-7-9-20(10-8-14)17(12-18)15-5-4-6-16(11-15)21-3/h4-6,11,14,17H,7-10,12-13,18H2,1-3H3. The Morgan fingerprint density at radius 2 is 2.05 bits per heavy atom. The summed E-state index contributed by atoms with van der Waals surface area (Å²) in [5.74, 6) is 1.73. The molecule has 21 heavy (non-hydrogen) atoms. The second-order valence-electron chi connectivity index (χ2n) is 6.27. The Morgan fingerprint density at radius 1 is 1.33 bits per heavy atom. The molecule has 118 valence electrons. The van der Waals surface area contributed by atoms with E-state index in [0.717, 1.165) is 24.8 Å². The second-order valence-corrected chi connectivity index (χ2v) is 6.27. The lowest BCUT2D eigenvalue weighted by molar-refractivity contribution is 0.122. The van der Waals surface area contributed by atoms with Crippen LogP contribution in [0.3, 0.4) is 0 Å². The minimum Gasteiger partial charge on any atom is -0.497 e. The lowest BCUT2D eigenvalue weighted by Crippen LogP contribution is -2.41. The zero-order valence-corrected chi connectivity index (χ0v) is 13.6. The largest absolute Gasteiger partial charge is 0.497 e. The molecule has 0 saturated carbocycles. The van der Waals surface area contributed by atoms with E-state index in [2.05, 4.69) is 42.1 Å². The second kappa shape index (κ2) is 7.78. The number of piperidine rings is 1. The summed E-state index contributed by atoms with van der Waals surface area (Å²) in [6.45, 7) is 4.13. The van der Waals surface area contributed by atoms with Crippen LogP contribution in [-0.2, 0) is 0 Å². The maximum atomic E-state index is 6.05. The fraction of sp³-hybridized carbons (Fsp3) is 0.647. The third-order valence-electron chi connectivity index (χ3n) is 4.42. The van der Waals surface area contributed by atoms with Gasteiger partial charge in [-0.05, 0) is 63.6 Å². The van der Waals surface area contributed by atoms with Crippen LogP contribution in [0.25, 0.3) is 0 Å². The molecule has 2 N–H and O–H groups in total. The van der Waals surface area contributed by atoms with Crippen molar-refractivity contribution in [2.45, 2.75) is 18.9 Å². The summed E-state index contributed by atoms with van der Waals surface area (Å²) < 4.78 is 5.33. The van der Waals surface area contributed by atoms with Crippen LogP contribution < -0.4 is 10.5 Å². The lowest BCUT2D eigenvalue weighted by Gasteiger charge is -2.38. The minimum atomic E-state index is 0.306. The Labute approximate surface area is 128 Å². The van der Waals surface area contributed by atoms with E-state index in [1.165, 1.54) is 24.9 Å². The van der Waals surface area contributed by atoms with E-state index in [4.69, 9.17) is 10.5 Å². The van der Waals surface area contributed by atoms with Gasteiger partial charge in [0.2, 0.25) is 0 Å². The minimum absolute atomic E-state index is 0.306. The number of nitrogens with zero attached hydrogens (tertiary/aromatic N) is 2. The van der Waals surface area contributed by atoms with Crippen LogP contribution in [0.5, 0.6) is 5.75 Å². The summed E-state index contributed by atoms with van der Waals surface area (Å²) in [6.07, 6.45) is 2.53.